The number of hydrogen-bond donors (Lipinski definition) is 0. The fourth-order valence-electron chi connectivity index (χ4n) is 1.35. The first kappa shape index (κ1) is 11.2. The van der Waals surface area contributed by atoms with Gasteiger partial charge in [0, 0.05) is 0 Å². The van der Waals surface area contributed by atoms with E-state index in [4.69, 9.17) is 0 Å². The van der Waals surface area contributed by atoms with Crippen LogP contribution in [0.15, 0.2) is 0 Å². The molecule has 80 valence electrons. The van der Waals surface area contributed by atoms with Gasteiger partial charge in [-0.05, 0) is 13.8 Å². The van der Waals surface area contributed by atoms with Gasteiger partial charge in [0.05, 0.1) is 0 Å². The van der Waals surface area contributed by atoms with Crippen LogP contribution < -0.4 is 0 Å². The Labute approximate surface area is 84.6 Å². The lowest BCUT2D eigenvalue weighted by atomic mass is 9.86. The summed E-state index contributed by atoms with van der Waals surface area (Å²) in [5, 5.41) is 0. The van der Waals surface area contributed by atoms with Gasteiger partial charge in [-0.25, -0.2) is 0 Å². The van der Waals surface area contributed by atoms with Crippen molar-refractivity contribution in [3.05, 3.63) is 0 Å². The average molecular weight is 212 g/mol. The van der Waals surface area contributed by atoms with Crippen molar-refractivity contribution >= 4 is 29.3 Å². The molecule has 0 aromatic carbocycles. The molecule has 0 N–H and O–H groups in total. The standard InChI is InChI=1S/C9H8O6/c1-3(10)5-7(12)6(4(2)11)9(14)15-8(5)13/h5-6H,1-2H3/t5-,6-/m0/s1. The third-order valence-electron chi connectivity index (χ3n) is 2.05. The first-order chi connectivity index (χ1) is 6.86. The molecule has 0 aromatic rings. The smallest absolute Gasteiger partial charge is 0.331 e. The van der Waals surface area contributed by atoms with Gasteiger partial charge in [0.25, 0.3) is 0 Å². The Morgan fingerprint density at radius 1 is 0.933 bits per heavy atom. The Hall–Kier alpha value is -1.85. The summed E-state index contributed by atoms with van der Waals surface area (Å²) in [7, 11) is 0. The maximum Gasteiger partial charge on any atom is 0.331 e. The largest absolute Gasteiger partial charge is 0.391 e. The third-order valence-corrected chi connectivity index (χ3v) is 2.05. The summed E-state index contributed by atoms with van der Waals surface area (Å²) in [6.45, 7) is 2.05. The third kappa shape index (κ3) is 1.83. The van der Waals surface area contributed by atoms with Gasteiger partial charge in [0.1, 0.15) is 0 Å². The maximum absolute atomic E-state index is 11.5. The molecule has 15 heavy (non-hydrogen) atoms. The van der Waals surface area contributed by atoms with E-state index in [1.165, 1.54) is 0 Å². The fraction of sp³-hybridized carbons (Fsp3) is 0.444. The lowest BCUT2D eigenvalue weighted by molar-refractivity contribution is -0.174. The van der Waals surface area contributed by atoms with E-state index < -0.39 is 41.1 Å². The molecule has 0 amide bonds. The summed E-state index contributed by atoms with van der Waals surface area (Å²) in [6, 6.07) is 0. The van der Waals surface area contributed by atoms with Gasteiger partial charge in [-0.2, -0.15) is 0 Å². The molecule has 0 bridgehead atoms. The second-order valence-electron chi connectivity index (χ2n) is 3.23. The van der Waals surface area contributed by atoms with Crippen molar-refractivity contribution in [1.29, 1.82) is 0 Å². The van der Waals surface area contributed by atoms with Crippen molar-refractivity contribution in [2.24, 2.45) is 11.8 Å². The van der Waals surface area contributed by atoms with Gasteiger partial charge in [-0.3, -0.25) is 24.0 Å². The summed E-state index contributed by atoms with van der Waals surface area (Å²) in [4.78, 5) is 55.4. The number of hydrogen-bond acceptors (Lipinski definition) is 6. The summed E-state index contributed by atoms with van der Waals surface area (Å²) in [5.74, 6) is -8.14. The van der Waals surface area contributed by atoms with Crippen LogP contribution in [0.2, 0.25) is 0 Å². The number of carbonyl (C=O) groups is 5. The molecule has 0 aliphatic carbocycles. The summed E-state index contributed by atoms with van der Waals surface area (Å²) < 4.78 is 4.16. The van der Waals surface area contributed by atoms with Crippen LogP contribution in [0.3, 0.4) is 0 Å². The van der Waals surface area contributed by atoms with Crippen LogP contribution in [0.25, 0.3) is 0 Å². The Balaban J connectivity index is 3.10. The van der Waals surface area contributed by atoms with Crippen LogP contribution in [0.4, 0.5) is 0 Å². The van der Waals surface area contributed by atoms with Crippen molar-refractivity contribution in [3.63, 3.8) is 0 Å². The first-order valence-corrected chi connectivity index (χ1v) is 4.16. The molecular weight excluding hydrogens is 204 g/mol. The highest BCUT2D eigenvalue weighted by Gasteiger charge is 2.49. The molecule has 0 aromatic heterocycles. The topological polar surface area (TPSA) is 94.6 Å². The van der Waals surface area contributed by atoms with E-state index >= 15 is 0 Å². The molecule has 1 heterocycles. The molecular formula is C9H8O6. The zero-order valence-electron chi connectivity index (χ0n) is 8.10. The van der Waals surface area contributed by atoms with E-state index in [9.17, 15) is 24.0 Å². The van der Waals surface area contributed by atoms with Gasteiger partial charge in [-0.15, -0.1) is 0 Å². The molecule has 1 aliphatic heterocycles. The monoisotopic (exact) mass is 212 g/mol. The number of cyclic esters (lactones) is 2. The van der Waals surface area contributed by atoms with E-state index in [1.807, 2.05) is 0 Å². The molecule has 1 saturated heterocycles. The molecule has 1 rings (SSSR count). The fourth-order valence-corrected chi connectivity index (χ4v) is 1.35. The van der Waals surface area contributed by atoms with Crippen molar-refractivity contribution in [1.82, 2.24) is 0 Å². The maximum atomic E-state index is 11.5. The molecule has 0 radical (unpaired) electrons. The Morgan fingerprint density at radius 2 is 1.27 bits per heavy atom. The van der Waals surface area contributed by atoms with Gasteiger partial charge >= 0.3 is 11.9 Å². The number of ether oxygens (including phenoxy) is 1. The molecule has 0 spiro atoms. The van der Waals surface area contributed by atoms with Crippen molar-refractivity contribution in [2.75, 3.05) is 0 Å². The van der Waals surface area contributed by atoms with E-state index in [0.717, 1.165) is 13.8 Å². The molecule has 1 fully saturated rings. The van der Waals surface area contributed by atoms with Gasteiger partial charge < -0.3 is 4.74 Å². The van der Waals surface area contributed by atoms with E-state index in [2.05, 4.69) is 4.74 Å². The van der Waals surface area contributed by atoms with Crippen LogP contribution in [0, 0.1) is 11.8 Å². The Bertz CT molecular complexity index is 346. The highest BCUT2D eigenvalue weighted by atomic mass is 16.6. The van der Waals surface area contributed by atoms with Gasteiger partial charge in [0.15, 0.2) is 29.2 Å². The van der Waals surface area contributed by atoms with Crippen LogP contribution in [0.5, 0.6) is 0 Å². The predicted molar refractivity (Wildman–Crippen MR) is 44.4 cm³/mol. The van der Waals surface area contributed by atoms with E-state index in [0.29, 0.717) is 0 Å². The quantitative estimate of drug-likeness (QED) is 0.432. The van der Waals surface area contributed by atoms with Gasteiger partial charge in [-0.1, -0.05) is 0 Å². The Morgan fingerprint density at radius 3 is 1.53 bits per heavy atom. The number of esters is 2. The van der Waals surface area contributed by atoms with Crippen LogP contribution in [-0.2, 0) is 28.7 Å². The molecule has 1 aliphatic rings. The second kappa shape index (κ2) is 3.72. The lowest BCUT2D eigenvalue weighted by Crippen LogP contribution is -2.48. The zero-order chi connectivity index (χ0) is 11.7. The predicted octanol–water partition coefficient (Wildman–Crippen LogP) is -0.951. The number of carbonyl (C=O) groups excluding carboxylic acids is 5. The minimum Gasteiger partial charge on any atom is -0.391 e. The molecule has 2 atom stereocenters. The highest BCUT2D eigenvalue weighted by Crippen LogP contribution is 2.20. The summed E-state index contributed by atoms with van der Waals surface area (Å²) in [6.07, 6.45) is 0. The minimum atomic E-state index is -1.64. The number of rotatable bonds is 2. The highest BCUT2D eigenvalue weighted by molar-refractivity contribution is 6.31. The lowest BCUT2D eigenvalue weighted by Gasteiger charge is -2.21. The SMILES string of the molecule is CC(=O)[C@@H]1C(=O)OC(=O)[C@@H](C(C)=O)C1=O. The average Bonchev–Trinajstić information content (AvgIpc) is 1.99. The molecule has 0 unspecified atom stereocenters. The number of Topliss-reactive ketones (excluding diaryl/α,β-unsaturated/α-hetero) is 3. The van der Waals surface area contributed by atoms with Crippen LogP contribution in [0.1, 0.15) is 13.8 Å². The molecule has 6 nitrogen and oxygen atoms in total. The van der Waals surface area contributed by atoms with Crippen molar-refractivity contribution in [3.8, 4) is 0 Å². The summed E-state index contributed by atoms with van der Waals surface area (Å²) >= 11 is 0. The van der Waals surface area contributed by atoms with Gasteiger partial charge in [0.2, 0.25) is 0 Å². The van der Waals surface area contributed by atoms with Crippen LogP contribution in [-0.4, -0.2) is 29.3 Å². The minimum absolute atomic E-state index is 0.733. The molecule has 0 saturated carbocycles. The zero-order valence-corrected chi connectivity index (χ0v) is 8.10. The Kier molecular flexibility index (Phi) is 2.78. The van der Waals surface area contributed by atoms with Crippen molar-refractivity contribution in [2.45, 2.75) is 13.8 Å². The normalized spacial score (nSPS) is 26.1. The second-order valence-corrected chi connectivity index (χ2v) is 3.23. The van der Waals surface area contributed by atoms with Crippen molar-refractivity contribution < 1.29 is 28.7 Å². The van der Waals surface area contributed by atoms with E-state index in [-0.39, 0.29) is 0 Å². The summed E-state index contributed by atoms with van der Waals surface area (Å²) in [5.41, 5.74) is 0. The van der Waals surface area contributed by atoms with E-state index in [1.54, 1.807) is 0 Å². The van der Waals surface area contributed by atoms with Crippen LogP contribution >= 0.6 is 0 Å². The molecule has 6 heteroatoms. The number of ketones is 3. The first-order valence-electron chi connectivity index (χ1n) is 4.16.